The number of nitrogens with one attached hydrogen (secondary N) is 1. The molecule has 0 aliphatic carbocycles. The fourth-order valence-electron chi connectivity index (χ4n) is 12.2. The van der Waals surface area contributed by atoms with Gasteiger partial charge in [0.1, 0.15) is 82.3 Å². The second-order valence-corrected chi connectivity index (χ2v) is 32.0. The summed E-state index contributed by atoms with van der Waals surface area (Å²) in [4.78, 5) is 115. The Labute approximate surface area is 586 Å². The van der Waals surface area contributed by atoms with E-state index in [4.69, 9.17) is 49.4 Å². The zero-order valence-corrected chi connectivity index (χ0v) is 62.3. The number of hydrogen-bond acceptors (Lipinski definition) is 20. The molecule has 7 N–H and O–H groups in total. The number of fused-ring (bicyclic) bond motifs is 6. The van der Waals surface area contributed by atoms with Gasteiger partial charge in [-0.05, 0) is 155 Å². The molecule has 5 rings (SSSR count). The van der Waals surface area contributed by atoms with Gasteiger partial charge in [0.2, 0.25) is 0 Å². The van der Waals surface area contributed by atoms with Crippen LogP contribution in [0.1, 0.15) is 176 Å². The van der Waals surface area contributed by atoms with Gasteiger partial charge >= 0.3 is 41.8 Å². The first kappa shape index (κ1) is 82.3. The Balaban J connectivity index is 1.45. The van der Waals surface area contributed by atoms with Crippen LogP contribution in [0.25, 0.3) is 0 Å². The van der Waals surface area contributed by atoms with Crippen molar-refractivity contribution in [3.63, 3.8) is 0 Å². The van der Waals surface area contributed by atoms with Gasteiger partial charge in [0.05, 0.1) is 108 Å². The monoisotopic (exact) mass is 1390 g/mol. The van der Waals surface area contributed by atoms with Crippen molar-refractivity contribution in [2.75, 3.05) is 142 Å². The number of carbonyl (C=O) groups is 8. The lowest BCUT2D eigenvalue weighted by Gasteiger charge is -2.38. The van der Waals surface area contributed by atoms with E-state index in [2.05, 4.69) is 5.32 Å². The lowest BCUT2D eigenvalue weighted by Crippen LogP contribution is -2.42. The summed E-state index contributed by atoms with van der Waals surface area (Å²) in [5, 5.41) is 23.5. The predicted molar refractivity (Wildman–Crippen MR) is 373 cm³/mol. The number of phenols is 2. The molecular weight excluding hydrogens is 1270 g/mol. The minimum absolute atomic E-state index is 0.00927. The summed E-state index contributed by atoms with van der Waals surface area (Å²) in [5.41, 5.74) is 4.16. The molecule has 1 spiro atoms. The molecule has 24 heteroatoms. The lowest BCUT2D eigenvalue weighted by atomic mass is 9.67. The highest BCUT2D eigenvalue weighted by atomic mass is 16.6. The van der Waals surface area contributed by atoms with E-state index >= 15 is 0 Å². The molecule has 3 aromatic carbocycles. The maximum absolute atomic E-state index is 14.9. The third-order valence-electron chi connectivity index (χ3n) is 20.0. The molecule has 0 radical (unpaired) electrons. The Kier molecular flexibility index (Phi) is 28.1. The van der Waals surface area contributed by atoms with Crippen molar-refractivity contribution in [3.8, 4) is 23.0 Å². The second kappa shape index (κ2) is 33.9. The molecular formula is C75H117N6O18+3. The lowest BCUT2D eigenvalue weighted by molar-refractivity contribution is -0.870. The Hall–Kier alpha value is -7.38. The Morgan fingerprint density at radius 2 is 0.778 bits per heavy atom. The predicted octanol–water partition coefficient (Wildman–Crippen LogP) is 8.84. The van der Waals surface area contributed by atoms with Crippen LogP contribution < -0.4 is 21.5 Å². The molecule has 0 aromatic heterocycles. The fraction of sp³-hybridized carbons (Fsp3) is 0.653. The molecule has 0 saturated carbocycles. The van der Waals surface area contributed by atoms with E-state index in [1.54, 1.807) is 45.9 Å². The standard InChI is InChI=1S/C75H114N6O18/c1-18-26-70(4,64(87)95-46-40-79(9,10)11)29-30-73(7,67(90)96-47-41-80(12,13)14)35-36-74(8,68(91)97-48-42-81(15,16)17)34-33-72(6,65(88)93-44-38-77)32-31-71(5,28-27-69(3,19-2)63(86)92-43-37-76)66(89)94-45-39-78-61(84)52-20-23-56-55(49-52)62(85)99-75(56)57-24-21-53(82)50-59(57)98-60-51-54(83)22-25-58(60)75/h20-25,49-51H,18-19,26-48,76-77H2,1-17H3/p+3. The third-order valence-corrected chi connectivity index (χ3v) is 20.0. The molecule has 2 aliphatic heterocycles. The van der Waals surface area contributed by atoms with Crippen LogP contribution in [0.5, 0.6) is 23.0 Å². The summed E-state index contributed by atoms with van der Waals surface area (Å²) in [7, 11) is 18.0. The van der Waals surface area contributed by atoms with Crippen LogP contribution >= 0.6 is 0 Å². The van der Waals surface area contributed by atoms with Crippen LogP contribution in [0.3, 0.4) is 0 Å². The van der Waals surface area contributed by atoms with Crippen molar-refractivity contribution < 1.29 is 99.9 Å². The second-order valence-electron chi connectivity index (χ2n) is 32.0. The average molecular weight is 1390 g/mol. The summed E-state index contributed by atoms with van der Waals surface area (Å²) in [6.07, 6.45) is 2.69. The number of aromatic hydroxyl groups is 2. The Morgan fingerprint density at radius 3 is 1.12 bits per heavy atom. The molecule has 1 amide bonds. The van der Waals surface area contributed by atoms with Crippen LogP contribution in [0.2, 0.25) is 0 Å². The molecule has 0 bridgehead atoms. The van der Waals surface area contributed by atoms with Gasteiger partial charge in [0, 0.05) is 47.5 Å². The first-order valence-electron chi connectivity index (χ1n) is 34.9. The molecule has 3 aromatic rings. The molecule has 0 fully saturated rings. The number of carbonyl (C=O) groups excluding carboxylic acids is 8. The summed E-state index contributed by atoms with van der Waals surface area (Å²) in [5.74, 6) is -4.29. The number of amides is 1. The topological polar surface area (TPSA) is 315 Å². The number of rotatable bonds is 41. The molecule has 2 heterocycles. The number of ether oxygens (including phenoxy) is 8. The van der Waals surface area contributed by atoms with Gasteiger partial charge in [-0.3, -0.25) is 33.6 Å². The van der Waals surface area contributed by atoms with E-state index in [0.29, 0.717) is 75.5 Å². The van der Waals surface area contributed by atoms with Crippen LogP contribution in [-0.4, -0.2) is 214 Å². The normalized spacial score (nSPS) is 16.9. The first-order valence-corrected chi connectivity index (χ1v) is 34.9. The number of benzene rings is 3. The van der Waals surface area contributed by atoms with E-state index < -0.39 is 79.8 Å². The van der Waals surface area contributed by atoms with Gasteiger partial charge < -0.3 is 78.3 Å². The largest absolute Gasteiger partial charge is 0.508 e. The van der Waals surface area contributed by atoms with Crippen molar-refractivity contribution >= 4 is 47.7 Å². The zero-order valence-electron chi connectivity index (χ0n) is 62.3. The van der Waals surface area contributed by atoms with Crippen molar-refractivity contribution in [2.24, 2.45) is 44.0 Å². The van der Waals surface area contributed by atoms with Crippen LogP contribution in [-0.2, 0) is 67.5 Å². The quantitative estimate of drug-likeness (QED) is 0.0153. The summed E-state index contributed by atoms with van der Waals surface area (Å²) < 4.78 is 49.4. The highest BCUT2D eigenvalue weighted by molar-refractivity contribution is 6.02. The molecule has 99 heavy (non-hydrogen) atoms. The van der Waals surface area contributed by atoms with E-state index in [1.165, 1.54) is 36.4 Å². The molecule has 24 nitrogen and oxygen atoms in total. The Bertz CT molecular complexity index is 3290. The van der Waals surface area contributed by atoms with E-state index in [1.807, 2.05) is 91.1 Å². The number of nitrogens with two attached hydrogens (primary N) is 2. The fourth-order valence-corrected chi connectivity index (χ4v) is 12.2. The van der Waals surface area contributed by atoms with Gasteiger partial charge in [-0.1, -0.05) is 26.3 Å². The van der Waals surface area contributed by atoms with E-state index in [-0.39, 0.29) is 157 Å². The van der Waals surface area contributed by atoms with Crippen molar-refractivity contribution in [3.05, 3.63) is 82.4 Å². The van der Waals surface area contributed by atoms with Crippen LogP contribution in [0.15, 0.2) is 54.6 Å². The number of hydrogen-bond donors (Lipinski definition) is 5. The third kappa shape index (κ3) is 21.8. The summed E-state index contributed by atoms with van der Waals surface area (Å²) in [6.45, 7) is 16.1. The SMILES string of the molecule is CCCC(C)(CCC(C)(CCC(C)(CCC(C)(CCC(C)(CCC(C)(CC)C(=O)OCCN)C(=O)OCCNC(=O)c1ccc2c(c1)C(=O)OC21c2ccc(O)cc2Oc2cc(O)ccc21)C(=O)OCCN)C(=O)OCC[N+](C)(C)C)C(=O)OCC[N+](C)(C)C)C(=O)OCC[N+](C)(C)C. The highest BCUT2D eigenvalue weighted by Gasteiger charge is 2.54. The number of esters is 7. The number of phenolic OH excluding ortho intramolecular Hbond substituents is 2. The van der Waals surface area contributed by atoms with Crippen LogP contribution in [0, 0.1) is 32.5 Å². The molecule has 552 valence electrons. The zero-order chi connectivity index (χ0) is 74.2. The van der Waals surface area contributed by atoms with E-state index in [9.17, 15) is 48.6 Å². The van der Waals surface area contributed by atoms with Gasteiger partial charge in [-0.25, -0.2) is 4.79 Å². The maximum atomic E-state index is 14.9. The number of likely N-dealkylation sites (N-methyl/N-ethyl adjacent to an activating group) is 3. The maximum Gasteiger partial charge on any atom is 0.340 e. The Morgan fingerprint density at radius 1 is 0.455 bits per heavy atom. The van der Waals surface area contributed by atoms with Crippen molar-refractivity contribution in [1.29, 1.82) is 0 Å². The van der Waals surface area contributed by atoms with Crippen molar-refractivity contribution in [2.45, 2.75) is 144 Å². The number of nitrogens with zero attached hydrogens (tertiary/aromatic N) is 3. The minimum Gasteiger partial charge on any atom is -0.508 e. The molecule has 6 atom stereocenters. The molecule has 2 aliphatic rings. The first-order chi connectivity index (χ1) is 46.0. The average Bonchev–Trinajstić information content (AvgIpc) is 1.61. The smallest absolute Gasteiger partial charge is 0.340 e. The minimum atomic E-state index is -1.55. The summed E-state index contributed by atoms with van der Waals surface area (Å²) >= 11 is 0. The van der Waals surface area contributed by atoms with E-state index in [0.717, 1.165) is 0 Å². The number of quaternary nitrogens is 3. The molecule has 0 saturated heterocycles. The molecule has 6 unspecified atom stereocenters. The summed E-state index contributed by atoms with van der Waals surface area (Å²) in [6, 6.07) is 13.3. The van der Waals surface area contributed by atoms with Gasteiger partial charge in [-0.2, -0.15) is 0 Å². The van der Waals surface area contributed by atoms with Gasteiger partial charge in [-0.15, -0.1) is 0 Å². The van der Waals surface area contributed by atoms with Crippen molar-refractivity contribution in [1.82, 2.24) is 5.32 Å². The highest BCUT2D eigenvalue weighted by Crippen LogP contribution is 2.57. The van der Waals surface area contributed by atoms with Gasteiger partial charge in [0.25, 0.3) is 5.91 Å². The van der Waals surface area contributed by atoms with Gasteiger partial charge in [0.15, 0.2) is 5.60 Å². The van der Waals surface area contributed by atoms with Crippen LogP contribution in [0.4, 0.5) is 0 Å².